The summed E-state index contributed by atoms with van der Waals surface area (Å²) in [5, 5.41) is 14.0. The van der Waals surface area contributed by atoms with Gasteiger partial charge in [0.1, 0.15) is 6.04 Å². The highest BCUT2D eigenvalue weighted by Gasteiger charge is 2.21. The molecule has 28 heavy (non-hydrogen) atoms. The Hall–Kier alpha value is -2.90. The minimum Gasteiger partial charge on any atom is -0.480 e. The average molecular weight is 391 g/mol. The SMILES string of the molecule is CCN(CC)C(=O)c1ccc(C(=O)NCC(=O)N[C@@H](CC(C)C)C(=O)O)cc1. The molecule has 0 aromatic heterocycles. The molecule has 8 nitrogen and oxygen atoms in total. The van der Waals surface area contributed by atoms with Crippen LogP contribution in [0.1, 0.15) is 54.8 Å². The molecular weight excluding hydrogens is 362 g/mol. The Bertz CT molecular complexity index is 696. The van der Waals surface area contributed by atoms with Crippen molar-refractivity contribution in [1.82, 2.24) is 15.5 Å². The highest BCUT2D eigenvalue weighted by Crippen LogP contribution is 2.08. The molecule has 0 aliphatic carbocycles. The quantitative estimate of drug-likeness (QED) is 0.559. The summed E-state index contributed by atoms with van der Waals surface area (Å²) in [6.07, 6.45) is 0.303. The van der Waals surface area contributed by atoms with Crippen molar-refractivity contribution in [3.8, 4) is 0 Å². The van der Waals surface area contributed by atoms with Crippen molar-refractivity contribution in [3.05, 3.63) is 35.4 Å². The number of hydrogen-bond acceptors (Lipinski definition) is 4. The van der Waals surface area contributed by atoms with Gasteiger partial charge in [-0.25, -0.2) is 4.79 Å². The number of benzene rings is 1. The molecule has 0 bridgehead atoms. The first kappa shape index (κ1) is 23.1. The summed E-state index contributed by atoms with van der Waals surface area (Å²) >= 11 is 0. The second-order valence-corrected chi connectivity index (χ2v) is 6.83. The summed E-state index contributed by atoms with van der Waals surface area (Å²) in [6.45, 7) is 8.37. The number of amides is 3. The number of carboxylic acids is 1. The monoisotopic (exact) mass is 391 g/mol. The first-order valence-corrected chi connectivity index (χ1v) is 9.39. The molecule has 0 aliphatic rings. The standard InChI is InChI=1S/C20H29N3O5/c1-5-23(6-2)19(26)15-9-7-14(8-10-15)18(25)21-12-17(24)22-16(20(27)28)11-13(3)4/h7-10,13,16H,5-6,11-12H2,1-4H3,(H,21,25)(H,22,24)(H,27,28)/t16-/m0/s1. The van der Waals surface area contributed by atoms with Crippen LogP contribution in [0, 0.1) is 5.92 Å². The Balaban J connectivity index is 2.62. The lowest BCUT2D eigenvalue weighted by atomic mass is 10.0. The fourth-order valence-electron chi connectivity index (χ4n) is 2.66. The van der Waals surface area contributed by atoms with E-state index >= 15 is 0 Å². The number of rotatable bonds is 10. The maximum absolute atomic E-state index is 12.3. The third-order valence-corrected chi connectivity index (χ3v) is 4.19. The van der Waals surface area contributed by atoms with Crippen LogP contribution in [0.4, 0.5) is 0 Å². The van der Waals surface area contributed by atoms with Crippen LogP contribution in [0.5, 0.6) is 0 Å². The normalized spacial score (nSPS) is 11.6. The van der Waals surface area contributed by atoms with Gasteiger partial charge in [-0.15, -0.1) is 0 Å². The fourth-order valence-corrected chi connectivity index (χ4v) is 2.66. The molecule has 3 N–H and O–H groups in total. The molecule has 1 rings (SSSR count). The lowest BCUT2D eigenvalue weighted by molar-refractivity contribution is -0.142. The van der Waals surface area contributed by atoms with Gasteiger partial charge in [-0.05, 0) is 50.5 Å². The number of nitrogens with one attached hydrogen (secondary N) is 2. The minimum atomic E-state index is -1.11. The van der Waals surface area contributed by atoms with Gasteiger partial charge < -0.3 is 20.6 Å². The van der Waals surface area contributed by atoms with Crippen LogP contribution in [0.15, 0.2) is 24.3 Å². The molecule has 0 fully saturated rings. The van der Waals surface area contributed by atoms with Gasteiger partial charge in [-0.1, -0.05) is 13.8 Å². The van der Waals surface area contributed by atoms with Crippen molar-refractivity contribution < 1.29 is 24.3 Å². The van der Waals surface area contributed by atoms with E-state index in [-0.39, 0.29) is 18.4 Å². The Kier molecular flexibility index (Phi) is 9.14. The van der Waals surface area contributed by atoms with Gasteiger partial charge in [0.25, 0.3) is 11.8 Å². The van der Waals surface area contributed by atoms with Gasteiger partial charge in [-0.2, -0.15) is 0 Å². The molecule has 1 aromatic carbocycles. The molecule has 154 valence electrons. The lowest BCUT2D eigenvalue weighted by Gasteiger charge is -2.18. The summed E-state index contributed by atoms with van der Waals surface area (Å²) in [7, 11) is 0. The Morgan fingerprint density at radius 2 is 1.54 bits per heavy atom. The van der Waals surface area contributed by atoms with Crippen molar-refractivity contribution >= 4 is 23.7 Å². The van der Waals surface area contributed by atoms with Gasteiger partial charge in [0.2, 0.25) is 5.91 Å². The number of hydrogen-bond donors (Lipinski definition) is 3. The molecule has 1 aromatic rings. The van der Waals surface area contributed by atoms with E-state index < -0.39 is 23.8 Å². The second-order valence-electron chi connectivity index (χ2n) is 6.83. The Morgan fingerprint density at radius 3 is 2.00 bits per heavy atom. The molecule has 0 aliphatic heterocycles. The van der Waals surface area contributed by atoms with E-state index in [1.165, 1.54) is 12.1 Å². The van der Waals surface area contributed by atoms with Crippen LogP contribution in [-0.4, -0.2) is 59.4 Å². The fraction of sp³-hybridized carbons (Fsp3) is 0.500. The predicted octanol–water partition coefficient (Wildman–Crippen LogP) is 1.51. The van der Waals surface area contributed by atoms with Crippen molar-refractivity contribution in [2.75, 3.05) is 19.6 Å². The van der Waals surface area contributed by atoms with Crippen LogP contribution in [0.25, 0.3) is 0 Å². The van der Waals surface area contributed by atoms with Crippen LogP contribution < -0.4 is 10.6 Å². The Labute approximate surface area is 165 Å². The van der Waals surface area contributed by atoms with E-state index in [0.29, 0.717) is 30.6 Å². The highest BCUT2D eigenvalue weighted by atomic mass is 16.4. The van der Waals surface area contributed by atoms with E-state index in [1.54, 1.807) is 17.0 Å². The van der Waals surface area contributed by atoms with Crippen molar-refractivity contribution in [2.45, 2.75) is 40.2 Å². The van der Waals surface area contributed by atoms with Gasteiger partial charge in [-0.3, -0.25) is 14.4 Å². The van der Waals surface area contributed by atoms with Gasteiger partial charge >= 0.3 is 5.97 Å². The molecule has 8 heteroatoms. The molecule has 0 radical (unpaired) electrons. The molecule has 0 heterocycles. The zero-order valence-corrected chi connectivity index (χ0v) is 16.8. The number of nitrogens with zero attached hydrogens (tertiary/aromatic N) is 1. The van der Waals surface area contributed by atoms with Crippen molar-refractivity contribution in [1.29, 1.82) is 0 Å². The summed E-state index contributed by atoms with van der Waals surface area (Å²) in [4.78, 5) is 49.2. The van der Waals surface area contributed by atoms with Crippen LogP contribution in [-0.2, 0) is 9.59 Å². The third kappa shape index (κ3) is 7.02. The van der Waals surface area contributed by atoms with Gasteiger partial charge in [0.05, 0.1) is 6.54 Å². The molecule has 0 saturated carbocycles. The number of aliphatic carboxylic acids is 1. The summed E-state index contributed by atoms with van der Waals surface area (Å²) in [6, 6.07) is 5.18. The van der Waals surface area contributed by atoms with Gasteiger partial charge in [0, 0.05) is 24.2 Å². The van der Waals surface area contributed by atoms with E-state index in [4.69, 9.17) is 5.11 Å². The van der Waals surface area contributed by atoms with E-state index in [0.717, 1.165) is 0 Å². The largest absolute Gasteiger partial charge is 0.480 e. The Morgan fingerprint density at radius 1 is 1.00 bits per heavy atom. The van der Waals surface area contributed by atoms with E-state index in [2.05, 4.69) is 10.6 Å². The summed E-state index contributed by atoms with van der Waals surface area (Å²) in [5.41, 5.74) is 0.789. The number of carboxylic acid groups (broad SMARTS) is 1. The predicted molar refractivity (Wildman–Crippen MR) is 105 cm³/mol. The molecular formula is C20H29N3O5. The molecule has 0 unspecified atom stereocenters. The first-order chi connectivity index (χ1) is 13.2. The first-order valence-electron chi connectivity index (χ1n) is 9.39. The third-order valence-electron chi connectivity index (χ3n) is 4.19. The van der Waals surface area contributed by atoms with E-state index in [9.17, 15) is 19.2 Å². The van der Waals surface area contributed by atoms with Crippen LogP contribution in [0.3, 0.4) is 0 Å². The van der Waals surface area contributed by atoms with Gasteiger partial charge in [0.15, 0.2) is 0 Å². The summed E-state index contributed by atoms with van der Waals surface area (Å²) < 4.78 is 0. The average Bonchev–Trinajstić information content (AvgIpc) is 2.66. The maximum atomic E-state index is 12.3. The maximum Gasteiger partial charge on any atom is 0.326 e. The van der Waals surface area contributed by atoms with Crippen LogP contribution in [0.2, 0.25) is 0 Å². The topological polar surface area (TPSA) is 116 Å². The van der Waals surface area contributed by atoms with Crippen molar-refractivity contribution in [3.63, 3.8) is 0 Å². The smallest absolute Gasteiger partial charge is 0.326 e. The molecule has 1 atom stereocenters. The minimum absolute atomic E-state index is 0.105. The van der Waals surface area contributed by atoms with E-state index in [1.807, 2.05) is 27.7 Å². The van der Waals surface area contributed by atoms with Crippen molar-refractivity contribution in [2.24, 2.45) is 5.92 Å². The second kappa shape index (κ2) is 11.1. The molecule has 0 saturated heterocycles. The van der Waals surface area contributed by atoms with Crippen LogP contribution >= 0.6 is 0 Å². The number of carbonyl (C=O) groups excluding carboxylic acids is 3. The lowest BCUT2D eigenvalue weighted by Crippen LogP contribution is -2.46. The zero-order valence-electron chi connectivity index (χ0n) is 16.8. The summed E-state index contributed by atoms with van der Waals surface area (Å²) in [5.74, 6) is -2.17. The zero-order chi connectivity index (χ0) is 21.3. The molecule has 0 spiro atoms. The molecule has 3 amide bonds. The number of carbonyl (C=O) groups is 4. The highest BCUT2D eigenvalue weighted by molar-refractivity contribution is 5.99.